The van der Waals surface area contributed by atoms with E-state index < -0.39 is 0 Å². The normalized spacial score (nSPS) is 10.9. The van der Waals surface area contributed by atoms with Gasteiger partial charge >= 0.3 is 0 Å². The third kappa shape index (κ3) is 1.88. The number of nitrogen functional groups attached to an aromatic ring is 1. The van der Waals surface area contributed by atoms with Crippen molar-refractivity contribution in [1.82, 2.24) is 4.98 Å². The highest BCUT2D eigenvalue weighted by atomic mass is 79.9. The number of rotatable bonds is 1. The number of halogens is 2. The van der Waals surface area contributed by atoms with Crippen LogP contribution in [0.5, 0.6) is 0 Å². The molecule has 0 bridgehead atoms. The first-order chi connectivity index (χ1) is 7.13. The zero-order valence-corrected chi connectivity index (χ0v) is 11.4. The van der Waals surface area contributed by atoms with E-state index in [9.17, 15) is 0 Å². The molecule has 2 nitrogen and oxygen atoms in total. The molecule has 0 radical (unpaired) electrons. The molecule has 0 amide bonds. The number of pyridine rings is 1. The van der Waals surface area contributed by atoms with E-state index in [0.717, 1.165) is 37.7 Å². The van der Waals surface area contributed by atoms with Gasteiger partial charge in [0.05, 0.1) is 5.52 Å². The van der Waals surface area contributed by atoms with Crippen LogP contribution in [0.2, 0.25) is 0 Å². The molecule has 1 aromatic heterocycles. The largest absolute Gasteiger partial charge is 0.398 e. The maximum Gasteiger partial charge on any atom is 0.0879 e. The molecule has 0 atom stereocenters. The van der Waals surface area contributed by atoms with E-state index in [2.05, 4.69) is 43.8 Å². The van der Waals surface area contributed by atoms with Gasteiger partial charge in [-0.05, 0) is 40.5 Å². The lowest BCUT2D eigenvalue weighted by molar-refractivity contribution is 1.06. The number of fused-ring (bicyclic) bond motifs is 1. The van der Waals surface area contributed by atoms with Crippen LogP contribution in [0.25, 0.3) is 10.9 Å². The summed E-state index contributed by atoms with van der Waals surface area (Å²) in [5.74, 6) is 0. The van der Waals surface area contributed by atoms with Gasteiger partial charge in [-0.1, -0.05) is 22.9 Å². The van der Waals surface area contributed by atoms with Crippen LogP contribution >= 0.6 is 31.9 Å². The minimum Gasteiger partial charge on any atom is -0.398 e. The highest BCUT2D eigenvalue weighted by Gasteiger charge is 2.08. The third-order valence-corrected chi connectivity index (χ3v) is 3.61. The van der Waals surface area contributed by atoms with Crippen molar-refractivity contribution in [3.63, 3.8) is 0 Å². The molecule has 2 aromatic rings. The summed E-state index contributed by atoms with van der Waals surface area (Å²) in [4.78, 5) is 4.56. The van der Waals surface area contributed by atoms with Crippen molar-refractivity contribution in [2.75, 3.05) is 5.73 Å². The van der Waals surface area contributed by atoms with Crippen LogP contribution in [-0.4, -0.2) is 4.98 Å². The second-order valence-electron chi connectivity index (χ2n) is 3.31. The Morgan fingerprint density at radius 3 is 2.60 bits per heavy atom. The highest BCUT2D eigenvalue weighted by Crippen LogP contribution is 2.33. The third-order valence-electron chi connectivity index (χ3n) is 2.31. The standard InChI is InChI=1S/C11H10Br2N2/c1-2-6-5-9(14)10-7(12)3-4-8(13)11(10)15-6/h3-5H,2H2,1H3,(H2,14,15). The lowest BCUT2D eigenvalue weighted by Crippen LogP contribution is -1.95. The summed E-state index contributed by atoms with van der Waals surface area (Å²) in [5.41, 5.74) is 8.71. The molecule has 2 rings (SSSR count). The Labute approximate surface area is 105 Å². The number of hydrogen-bond acceptors (Lipinski definition) is 2. The lowest BCUT2D eigenvalue weighted by Gasteiger charge is -2.08. The minimum absolute atomic E-state index is 0.769. The summed E-state index contributed by atoms with van der Waals surface area (Å²) in [6.07, 6.45) is 0.888. The maximum atomic E-state index is 6.01. The van der Waals surface area contributed by atoms with E-state index in [0.29, 0.717) is 0 Å². The summed E-state index contributed by atoms with van der Waals surface area (Å²) in [7, 11) is 0. The average Bonchev–Trinajstić information content (AvgIpc) is 2.23. The SMILES string of the molecule is CCc1cc(N)c2c(Br)ccc(Br)c2n1. The van der Waals surface area contributed by atoms with Crippen LogP contribution in [-0.2, 0) is 6.42 Å². The number of nitrogens with two attached hydrogens (primary N) is 1. The van der Waals surface area contributed by atoms with Crippen molar-refractivity contribution in [2.24, 2.45) is 0 Å². The number of hydrogen-bond donors (Lipinski definition) is 1. The summed E-state index contributed by atoms with van der Waals surface area (Å²) in [5, 5.41) is 0.974. The molecular formula is C11H10Br2N2. The first-order valence-electron chi connectivity index (χ1n) is 4.66. The van der Waals surface area contributed by atoms with Gasteiger partial charge in [-0.15, -0.1) is 0 Å². The molecule has 0 aliphatic heterocycles. The van der Waals surface area contributed by atoms with E-state index in [1.54, 1.807) is 0 Å². The fourth-order valence-electron chi connectivity index (χ4n) is 1.53. The van der Waals surface area contributed by atoms with Crippen molar-refractivity contribution >= 4 is 48.5 Å². The molecule has 0 spiro atoms. The number of nitrogens with zero attached hydrogens (tertiary/aromatic N) is 1. The van der Waals surface area contributed by atoms with Crippen LogP contribution in [0.1, 0.15) is 12.6 Å². The Kier molecular flexibility index (Phi) is 2.98. The molecule has 2 N–H and O–H groups in total. The van der Waals surface area contributed by atoms with Crippen LogP contribution in [0.15, 0.2) is 27.1 Å². The van der Waals surface area contributed by atoms with Gasteiger partial charge < -0.3 is 5.73 Å². The van der Waals surface area contributed by atoms with E-state index in [1.165, 1.54) is 0 Å². The van der Waals surface area contributed by atoms with Gasteiger partial charge in [-0.3, -0.25) is 4.98 Å². The van der Waals surface area contributed by atoms with E-state index in [1.807, 2.05) is 18.2 Å². The smallest absolute Gasteiger partial charge is 0.0879 e. The fraction of sp³-hybridized carbons (Fsp3) is 0.182. The molecule has 0 saturated carbocycles. The van der Waals surface area contributed by atoms with Crippen molar-refractivity contribution in [3.8, 4) is 0 Å². The van der Waals surface area contributed by atoms with Gasteiger partial charge in [-0.25, -0.2) is 0 Å². The molecule has 0 aliphatic carbocycles. The maximum absolute atomic E-state index is 6.01. The molecule has 0 saturated heterocycles. The first-order valence-corrected chi connectivity index (χ1v) is 6.25. The molecule has 1 heterocycles. The van der Waals surface area contributed by atoms with Crippen molar-refractivity contribution in [3.05, 3.63) is 32.8 Å². The van der Waals surface area contributed by atoms with Gasteiger partial charge in [0.2, 0.25) is 0 Å². The van der Waals surface area contributed by atoms with E-state index in [4.69, 9.17) is 5.73 Å². The second-order valence-corrected chi connectivity index (χ2v) is 5.02. The Morgan fingerprint density at radius 1 is 1.27 bits per heavy atom. The number of aromatic nitrogens is 1. The Balaban J connectivity index is 2.90. The monoisotopic (exact) mass is 328 g/mol. The van der Waals surface area contributed by atoms with Crippen LogP contribution < -0.4 is 5.73 Å². The van der Waals surface area contributed by atoms with Crippen LogP contribution in [0, 0.1) is 0 Å². The first kappa shape index (κ1) is 10.9. The van der Waals surface area contributed by atoms with Gasteiger partial charge in [0, 0.05) is 25.7 Å². The zero-order valence-electron chi connectivity index (χ0n) is 8.22. The molecular weight excluding hydrogens is 320 g/mol. The Morgan fingerprint density at radius 2 is 1.93 bits per heavy atom. The quantitative estimate of drug-likeness (QED) is 0.861. The number of aryl methyl sites for hydroxylation is 1. The Bertz CT molecular complexity index is 523. The Hall–Kier alpha value is -0.610. The van der Waals surface area contributed by atoms with Crippen molar-refractivity contribution < 1.29 is 0 Å². The zero-order chi connectivity index (χ0) is 11.0. The predicted octanol–water partition coefficient (Wildman–Crippen LogP) is 3.90. The number of anilines is 1. The molecule has 0 fully saturated rings. The van der Waals surface area contributed by atoms with Gasteiger partial charge in [0.15, 0.2) is 0 Å². The molecule has 0 aliphatic rings. The van der Waals surface area contributed by atoms with Gasteiger partial charge in [0.1, 0.15) is 0 Å². The fourth-order valence-corrected chi connectivity index (χ4v) is 2.50. The minimum atomic E-state index is 0.769. The second kappa shape index (κ2) is 4.10. The molecule has 78 valence electrons. The van der Waals surface area contributed by atoms with E-state index in [-0.39, 0.29) is 0 Å². The summed E-state index contributed by atoms with van der Waals surface area (Å²) in [6, 6.07) is 5.87. The average molecular weight is 330 g/mol. The summed E-state index contributed by atoms with van der Waals surface area (Å²) >= 11 is 6.98. The topological polar surface area (TPSA) is 38.9 Å². The van der Waals surface area contributed by atoms with E-state index >= 15 is 0 Å². The molecule has 4 heteroatoms. The number of benzene rings is 1. The van der Waals surface area contributed by atoms with Crippen molar-refractivity contribution in [1.29, 1.82) is 0 Å². The predicted molar refractivity (Wildman–Crippen MR) is 70.9 cm³/mol. The summed E-state index contributed by atoms with van der Waals surface area (Å²) in [6.45, 7) is 2.07. The molecule has 0 unspecified atom stereocenters. The van der Waals surface area contributed by atoms with Crippen LogP contribution in [0.3, 0.4) is 0 Å². The molecule has 15 heavy (non-hydrogen) atoms. The van der Waals surface area contributed by atoms with Gasteiger partial charge in [0.25, 0.3) is 0 Å². The van der Waals surface area contributed by atoms with Crippen LogP contribution in [0.4, 0.5) is 5.69 Å². The van der Waals surface area contributed by atoms with Gasteiger partial charge in [-0.2, -0.15) is 0 Å². The highest BCUT2D eigenvalue weighted by molar-refractivity contribution is 9.11. The summed E-state index contributed by atoms with van der Waals surface area (Å²) < 4.78 is 1.95. The van der Waals surface area contributed by atoms with Crippen molar-refractivity contribution in [2.45, 2.75) is 13.3 Å². The lowest BCUT2D eigenvalue weighted by atomic mass is 10.1. The molecule has 1 aromatic carbocycles.